The summed E-state index contributed by atoms with van der Waals surface area (Å²) in [6.07, 6.45) is 0. The molecule has 0 bridgehead atoms. The number of ketones is 1. The number of rotatable bonds is 4. The molecule has 2 rings (SSSR count). The van der Waals surface area contributed by atoms with E-state index in [1.54, 1.807) is 20.8 Å². The van der Waals surface area contributed by atoms with Gasteiger partial charge in [0.15, 0.2) is 17.5 Å². The lowest BCUT2D eigenvalue weighted by atomic mass is 10.1. The molecular formula is C19H19ClF3N3O3. The fourth-order valence-corrected chi connectivity index (χ4v) is 3.04. The van der Waals surface area contributed by atoms with Crippen molar-refractivity contribution < 1.29 is 27.6 Å². The number of anilines is 1. The van der Waals surface area contributed by atoms with Crippen LogP contribution in [0.3, 0.4) is 0 Å². The van der Waals surface area contributed by atoms with Crippen molar-refractivity contribution in [1.82, 2.24) is 9.88 Å². The van der Waals surface area contributed by atoms with Gasteiger partial charge >= 0.3 is 0 Å². The minimum atomic E-state index is -1.67. The topological polar surface area (TPSA) is 80.2 Å². The Balaban J connectivity index is 2.40. The molecule has 0 unspecified atom stereocenters. The Bertz CT molecular complexity index is 1000. The van der Waals surface area contributed by atoms with Crippen LogP contribution in [-0.4, -0.2) is 27.7 Å². The summed E-state index contributed by atoms with van der Waals surface area (Å²) in [6.45, 7) is 6.55. The monoisotopic (exact) mass is 429 g/mol. The maximum atomic E-state index is 13.4. The van der Waals surface area contributed by atoms with Crippen LogP contribution in [0.1, 0.15) is 47.3 Å². The van der Waals surface area contributed by atoms with Crippen molar-refractivity contribution in [2.24, 2.45) is 7.05 Å². The SMILES string of the molecule is Cc1c(C(=O)Nc2cc(F)c(F)c(F)c2)c(Cl)c(C(=O)C(=O)NC(C)(C)C)n1C. The molecule has 0 radical (unpaired) electrons. The van der Waals surface area contributed by atoms with Gasteiger partial charge in [-0.1, -0.05) is 11.6 Å². The van der Waals surface area contributed by atoms with E-state index in [0.717, 1.165) is 0 Å². The first-order valence-corrected chi connectivity index (χ1v) is 8.80. The Morgan fingerprint density at radius 3 is 2.07 bits per heavy atom. The summed E-state index contributed by atoms with van der Waals surface area (Å²) in [5.41, 5.74) is -1.15. The van der Waals surface area contributed by atoms with Gasteiger partial charge in [-0.25, -0.2) is 13.2 Å². The highest BCUT2D eigenvalue weighted by atomic mass is 35.5. The van der Waals surface area contributed by atoms with E-state index in [-0.39, 0.29) is 27.7 Å². The highest BCUT2D eigenvalue weighted by Gasteiger charge is 2.31. The van der Waals surface area contributed by atoms with E-state index in [2.05, 4.69) is 10.6 Å². The van der Waals surface area contributed by atoms with Crippen LogP contribution in [0, 0.1) is 24.4 Å². The first-order chi connectivity index (χ1) is 13.2. The molecule has 2 aromatic rings. The minimum absolute atomic E-state index is 0.161. The molecule has 29 heavy (non-hydrogen) atoms. The highest BCUT2D eigenvalue weighted by Crippen LogP contribution is 2.29. The molecule has 1 aromatic heterocycles. The average molecular weight is 430 g/mol. The lowest BCUT2D eigenvalue weighted by Crippen LogP contribution is -2.44. The van der Waals surface area contributed by atoms with E-state index in [9.17, 15) is 27.6 Å². The fraction of sp³-hybridized carbons (Fsp3) is 0.316. The quantitative estimate of drug-likeness (QED) is 0.441. The number of carbonyl (C=O) groups is 3. The van der Waals surface area contributed by atoms with E-state index >= 15 is 0 Å². The minimum Gasteiger partial charge on any atom is -0.345 e. The lowest BCUT2D eigenvalue weighted by molar-refractivity contribution is -0.118. The maximum Gasteiger partial charge on any atom is 0.294 e. The first-order valence-electron chi connectivity index (χ1n) is 8.42. The van der Waals surface area contributed by atoms with Crippen molar-refractivity contribution in [2.75, 3.05) is 5.32 Å². The van der Waals surface area contributed by atoms with Gasteiger partial charge in [0.25, 0.3) is 17.6 Å². The van der Waals surface area contributed by atoms with Gasteiger partial charge in [0, 0.05) is 36.1 Å². The van der Waals surface area contributed by atoms with Crippen molar-refractivity contribution in [3.63, 3.8) is 0 Å². The molecular weight excluding hydrogens is 411 g/mol. The van der Waals surface area contributed by atoms with Crippen molar-refractivity contribution >= 4 is 34.9 Å². The zero-order valence-corrected chi connectivity index (χ0v) is 17.1. The molecule has 1 aromatic carbocycles. The number of halogens is 4. The number of benzene rings is 1. The number of nitrogens with zero attached hydrogens (tertiary/aromatic N) is 1. The van der Waals surface area contributed by atoms with Crippen LogP contribution >= 0.6 is 11.6 Å². The number of Topliss-reactive ketones (excluding diaryl/α,β-unsaturated/α-hetero) is 1. The van der Waals surface area contributed by atoms with Gasteiger partial charge < -0.3 is 15.2 Å². The number of nitrogens with one attached hydrogen (secondary N) is 2. The highest BCUT2D eigenvalue weighted by molar-refractivity contribution is 6.48. The molecule has 6 nitrogen and oxygen atoms in total. The molecule has 0 atom stereocenters. The Morgan fingerprint density at radius 1 is 1.07 bits per heavy atom. The molecule has 0 aliphatic carbocycles. The normalized spacial score (nSPS) is 11.3. The van der Waals surface area contributed by atoms with Crippen molar-refractivity contribution in [3.05, 3.63) is 51.6 Å². The second-order valence-electron chi connectivity index (χ2n) is 7.42. The zero-order chi connectivity index (χ0) is 22.3. The van der Waals surface area contributed by atoms with Crippen LogP contribution < -0.4 is 10.6 Å². The van der Waals surface area contributed by atoms with Crippen molar-refractivity contribution in [1.29, 1.82) is 0 Å². The molecule has 0 spiro atoms. The summed E-state index contributed by atoms with van der Waals surface area (Å²) in [6, 6.07) is 1.21. The molecule has 2 N–H and O–H groups in total. The van der Waals surface area contributed by atoms with Crippen LogP contribution in [-0.2, 0) is 11.8 Å². The third-order valence-electron chi connectivity index (χ3n) is 4.01. The van der Waals surface area contributed by atoms with E-state index in [1.165, 1.54) is 18.5 Å². The van der Waals surface area contributed by atoms with E-state index in [4.69, 9.17) is 11.6 Å². The Kier molecular flexibility index (Phi) is 6.13. The summed E-state index contributed by atoms with van der Waals surface area (Å²) in [7, 11) is 1.44. The van der Waals surface area contributed by atoms with Crippen LogP contribution in [0.25, 0.3) is 0 Å². The van der Waals surface area contributed by atoms with E-state index in [0.29, 0.717) is 12.1 Å². The molecule has 0 aliphatic heterocycles. The van der Waals surface area contributed by atoms with Crippen LogP contribution in [0.2, 0.25) is 5.02 Å². The van der Waals surface area contributed by atoms with Crippen LogP contribution in [0.4, 0.5) is 18.9 Å². The molecule has 0 saturated heterocycles. The molecule has 0 saturated carbocycles. The van der Waals surface area contributed by atoms with Gasteiger partial charge in [0.1, 0.15) is 5.69 Å². The number of hydrogen-bond acceptors (Lipinski definition) is 3. The molecule has 0 aliphatic rings. The van der Waals surface area contributed by atoms with E-state index < -0.39 is 40.6 Å². The lowest BCUT2D eigenvalue weighted by Gasteiger charge is -2.19. The summed E-state index contributed by atoms with van der Waals surface area (Å²) in [5.74, 6) is -7.38. The van der Waals surface area contributed by atoms with Crippen LogP contribution in [0.15, 0.2) is 12.1 Å². The maximum absolute atomic E-state index is 13.4. The predicted octanol–water partition coefficient (Wildman–Crippen LogP) is 3.75. The van der Waals surface area contributed by atoms with Gasteiger partial charge in [-0.3, -0.25) is 14.4 Å². The van der Waals surface area contributed by atoms with Gasteiger partial charge in [0.05, 0.1) is 10.6 Å². The first kappa shape index (κ1) is 22.5. The number of amides is 2. The second kappa shape index (κ2) is 7.90. The summed E-state index contributed by atoms with van der Waals surface area (Å²) in [5, 5.41) is 4.42. The largest absolute Gasteiger partial charge is 0.345 e. The third kappa shape index (κ3) is 4.61. The van der Waals surface area contributed by atoms with Gasteiger partial charge in [0.2, 0.25) is 0 Å². The fourth-order valence-electron chi connectivity index (χ4n) is 2.60. The van der Waals surface area contributed by atoms with Crippen LogP contribution in [0.5, 0.6) is 0 Å². The molecule has 2 amide bonds. The standard InChI is InChI=1S/C19H19ClF3N3O3/c1-8-12(17(28)24-9-6-10(21)14(23)11(22)7-9)13(20)15(26(8)5)16(27)18(29)25-19(2,3)4/h6-7H,1-5H3,(H,24,28)(H,25,29). The van der Waals surface area contributed by atoms with Crippen molar-refractivity contribution in [3.8, 4) is 0 Å². The predicted molar refractivity (Wildman–Crippen MR) is 102 cm³/mol. The van der Waals surface area contributed by atoms with E-state index in [1.807, 2.05) is 0 Å². The number of hydrogen-bond donors (Lipinski definition) is 2. The number of aromatic nitrogens is 1. The molecule has 10 heteroatoms. The Labute approximate surface area is 170 Å². The molecule has 1 heterocycles. The summed E-state index contributed by atoms with van der Waals surface area (Å²) >= 11 is 6.20. The second-order valence-corrected chi connectivity index (χ2v) is 7.80. The van der Waals surface area contributed by atoms with Gasteiger partial charge in [-0.15, -0.1) is 0 Å². The summed E-state index contributed by atoms with van der Waals surface area (Å²) < 4.78 is 41.1. The van der Waals surface area contributed by atoms with Crippen molar-refractivity contribution in [2.45, 2.75) is 33.2 Å². The Hall–Kier alpha value is -2.81. The smallest absolute Gasteiger partial charge is 0.294 e. The summed E-state index contributed by atoms with van der Waals surface area (Å²) in [4.78, 5) is 37.3. The average Bonchev–Trinajstić information content (AvgIpc) is 2.79. The van der Waals surface area contributed by atoms with Gasteiger partial charge in [-0.05, 0) is 27.7 Å². The molecule has 0 fully saturated rings. The van der Waals surface area contributed by atoms with Gasteiger partial charge in [-0.2, -0.15) is 0 Å². The Morgan fingerprint density at radius 2 is 1.59 bits per heavy atom. The molecule has 156 valence electrons. The zero-order valence-electron chi connectivity index (χ0n) is 16.3. The number of carbonyl (C=O) groups excluding carboxylic acids is 3. The third-order valence-corrected chi connectivity index (χ3v) is 4.37.